The Morgan fingerprint density at radius 1 is 1.24 bits per heavy atom. The van der Waals surface area contributed by atoms with Crippen LogP contribution in [-0.4, -0.2) is 38.3 Å². The summed E-state index contributed by atoms with van der Waals surface area (Å²) in [6.07, 6.45) is 2.45. The van der Waals surface area contributed by atoms with E-state index in [0.717, 1.165) is 24.6 Å². The summed E-state index contributed by atoms with van der Waals surface area (Å²) in [5.74, 6) is 2.31. The summed E-state index contributed by atoms with van der Waals surface area (Å²) in [5.41, 5.74) is 7.31. The lowest BCUT2D eigenvalue weighted by atomic mass is 9.90. The quantitative estimate of drug-likeness (QED) is 0.906. The molecule has 4 nitrogen and oxygen atoms in total. The molecule has 0 spiro atoms. The van der Waals surface area contributed by atoms with Crippen molar-refractivity contribution in [2.75, 3.05) is 27.3 Å². The van der Waals surface area contributed by atoms with Gasteiger partial charge in [0, 0.05) is 30.3 Å². The first-order valence-electron chi connectivity index (χ1n) is 7.78. The molecule has 1 saturated heterocycles. The van der Waals surface area contributed by atoms with E-state index in [-0.39, 0.29) is 6.04 Å². The first kappa shape index (κ1) is 16.1. The summed E-state index contributed by atoms with van der Waals surface area (Å²) in [6, 6.07) is 6.66. The average Bonchev–Trinajstić information content (AvgIpc) is 2.53. The molecule has 0 bridgehead atoms. The molecule has 3 unspecified atom stereocenters. The second-order valence-corrected chi connectivity index (χ2v) is 6.04. The number of piperidine rings is 1. The molecule has 3 atom stereocenters. The van der Waals surface area contributed by atoms with Crippen molar-refractivity contribution in [1.29, 1.82) is 0 Å². The van der Waals surface area contributed by atoms with E-state index in [1.165, 1.54) is 18.4 Å². The topological polar surface area (TPSA) is 47.7 Å². The molecule has 2 N–H and O–H groups in total. The van der Waals surface area contributed by atoms with Gasteiger partial charge in [0.2, 0.25) is 0 Å². The van der Waals surface area contributed by atoms with Crippen LogP contribution in [-0.2, 0) is 0 Å². The van der Waals surface area contributed by atoms with Crippen molar-refractivity contribution in [1.82, 2.24) is 4.90 Å². The monoisotopic (exact) mass is 292 g/mol. The molecule has 1 aromatic carbocycles. The highest BCUT2D eigenvalue weighted by molar-refractivity contribution is 5.42. The number of ether oxygens (including phenoxy) is 2. The first-order chi connectivity index (χ1) is 10.1. The molecule has 0 saturated carbocycles. The van der Waals surface area contributed by atoms with Gasteiger partial charge in [-0.2, -0.15) is 0 Å². The fourth-order valence-corrected chi connectivity index (χ4v) is 3.18. The smallest absolute Gasteiger partial charge is 0.127 e. The summed E-state index contributed by atoms with van der Waals surface area (Å²) in [6.45, 7) is 6.55. The second kappa shape index (κ2) is 7.14. The van der Waals surface area contributed by atoms with Crippen LogP contribution >= 0.6 is 0 Å². The molecule has 1 fully saturated rings. The van der Waals surface area contributed by atoms with Crippen LogP contribution in [0.4, 0.5) is 0 Å². The maximum atomic E-state index is 6.09. The molecule has 1 aliphatic heterocycles. The van der Waals surface area contributed by atoms with Gasteiger partial charge in [0.25, 0.3) is 0 Å². The van der Waals surface area contributed by atoms with Gasteiger partial charge in [0.05, 0.1) is 14.2 Å². The minimum absolute atomic E-state index is 0.262. The highest BCUT2D eigenvalue weighted by atomic mass is 16.5. The number of nitrogens with two attached hydrogens (primary N) is 1. The van der Waals surface area contributed by atoms with Gasteiger partial charge in [-0.05, 0) is 45.2 Å². The summed E-state index contributed by atoms with van der Waals surface area (Å²) < 4.78 is 10.8. The Morgan fingerprint density at radius 3 is 2.62 bits per heavy atom. The highest BCUT2D eigenvalue weighted by Gasteiger charge is 2.27. The number of methoxy groups -OCH3 is 2. The lowest BCUT2D eigenvalue weighted by Gasteiger charge is -2.38. The third-order valence-electron chi connectivity index (χ3n) is 4.67. The molecule has 0 amide bonds. The molecular weight excluding hydrogens is 264 g/mol. The Labute approximate surface area is 128 Å². The van der Waals surface area contributed by atoms with Crippen LogP contribution in [0.3, 0.4) is 0 Å². The van der Waals surface area contributed by atoms with Crippen LogP contribution in [0.5, 0.6) is 11.5 Å². The highest BCUT2D eigenvalue weighted by Crippen LogP contribution is 2.34. The van der Waals surface area contributed by atoms with Crippen molar-refractivity contribution >= 4 is 0 Å². The van der Waals surface area contributed by atoms with Crippen molar-refractivity contribution in [3.8, 4) is 11.5 Å². The Hall–Kier alpha value is -1.26. The number of likely N-dealkylation sites (tertiary alicyclic amines) is 1. The number of benzene rings is 1. The zero-order valence-corrected chi connectivity index (χ0v) is 13.6. The largest absolute Gasteiger partial charge is 0.497 e. The molecule has 0 aliphatic carbocycles. The maximum absolute atomic E-state index is 6.09. The minimum Gasteiger partial charge on any atom is -0.497 e. The molecule has 21 heavy (non-hydrogen) atoms. The van der Waals surface area contributed by atoms with Crippen molar-refractivity contribution in [3.05, 3.63) is 23.8 Å². The van der Waals surface area contributed by atoms with Crippen LogP contribution < -0.4 is 15.2 Å². The van der Waals surface area contributed by atoms with Gasteiger partial charge in [0.15, 0.2) is 0 Å². The van der Waals surface area contributed by atoms with E-state index in [9.17, 15) is 0 Å². The minimum atomic E-state index is 0.262. The zero-order valence-electron chi connectivity index (χ0n) is 13.6. The van der Waals surface area contributed by atoms with E-state index in [2.05, 4.69) is 24.8 Å². The van der Waals surface area contributed by atoms with Gasteiger partial charge in [-0.15, -0.1) is 0 Å². The molecule has 0 radical (unpaired) electrons. The number of hydrogen-bond acceptors (Lipinski definition) is 4. The molecule has 1 aromatic rings. The third-order valence-corrected chi connectivity index (χ3v) is 4.67. The van der Waals surface area contributed by atoms with Gasteiger partial charge in [-0.25, -0.2) is 0 Å². The summed E-state index contributed by atoms with van der Waals surface area (Å²) in [4.78, 5) is 2.52. The standard InChI is InChI=1S/C17H28N2O2/c1-12(18)14-6-5-9-19(11-14)13(2)16-8-7-15(20-3)10-17(16)21-4/h7-8,10,12-14H,5-6,9,11,18H2,1-4H3. The van der Waals surface area contributed by atoms with E-state index >= 15 is 0 Å². The Morgan fingerprint density at radius 2 is 2.00 bits per heavy atom. The number of nitrogens with zero attached hydrogens (tertiary/aromatic N) is 1. The summed E-state index contributed by atoms with van der Waals surface area (Å²) >= 11 is 0. The van der Waals surface area contributed by atoms with Gasteiger partial charge in [-0.3, -0.25) is 4.90 Å². The fourth-order valence-electron chi connectivity index (χ4n) is 3.18. The van der Waals surface area contributed by atoms with Crippen LogP contribution in [0.2, 0.25) is 0 Å². The van der Waals surface area contributed by atoms with E-state index in [1.54, 1.807) is 14.2 Å². The lowest BCUT2D eigenvalue weighted by molar-refractivity contribution is 0.120. The molecular formula is C17H28N2O2. The fraction of sp³-hybridized carbons (Fsp3) is 0.647. The van der Waals surface area contributed by atoms with E-state index in [4.69, 9.17) is 15.2 Å². The van der Waals surface area contributed by atoms with Crippen LogP contribution in [0.15, 0.2) is 18.2 Å². The second-order valence-electron chi connectivity index (χ2n) is 6.04. The summed E-state index contributed by atoms with van der Waals surface area (Å²) in [7, 11) is 3.39. The van der Waals surface area contributed by atoms with Gasteiger partial charge in [0.1, 0.15) is 11.5 Å². The van der Waals surface area contributed by atoms with Gasteiger partial charge >= 0.3 is 0 Å². The predicted octanol–water partition coefficient (Wildman–Crippen LogP) is 2.82. The average molecular weight is 292 g/mol. The Kier molecular flexibility index (Phi) is 5.48. The van der Waals surface area contributed by atoms with Crippen LogP contribution in [0, 0.1) is 5.92 Å². The van der Waals surface area contributed by atoms with Gasteiger partial charge in [-0.1, -0.05) is 6.07 Å². The molecule has 0 aromatic heterocycles. The SMILES string of the molecule is COc1ccc(C(C)N2CCCC(C(C)N)C2)c(OC)c1. The van der Waals surface area contributed by atoms with Crippen LogP contribution in [0.25, 0.3) is 0 Å². The van der Waals surface area contributed by atoms with Crippen molar-refractivity contribution in [2.24, 2.45) is 11.7 Å². The van der Waals surface area contributed by atoms with E-state index < -0.39 is 0 Å². The van der Waals surface area contributed by atoms with E-state index in [0.29, 0.717) is 12.0 Å². The molecule has 118 valence electrons. The molecule has 4 heteroatoms. The van der Waals surface area contributed by atoms with Crippen molar-refractivity contribution < 1.29 is 9.47 Å². The normalized spacial score (nSPS) is 22.6. The van der Waals surface area contributed by atoms with Gasteiger partial charge < -0.3 is 15.2 Å². The van der Waals surface area contributed by atoms with Crippen LogP contribution in [0.1, 0.15) is 38.3 Å². The number of hydrogen-bond donors (Lipinski definition) is 1. The number of rotatable bonds is 5. The molecule has 1 heterocycles. The van der Waals surface area contributed by atoms with Crippen molar-refractivity contribution in [3.63, 3.8) is 0 Å². The Balaban J connectivity index is 2.17. The lowest BCUT2D eigenvalue weighted by Crippen LogP contribution is -2.43. The van der Waals surface area contributed by atoms with E-state index in [1.807, 2.05) is 12.1 Å². The molecule has 1 aliphatic rings. The van der Waals surface area contributed by atoms with Crippen molar-refractivity contribution in [2.45, 2.75) is 38.8 Å². The molecule has 2 rings (SSSR count). The zero-order chi connectivity index (χ0) is 15.4. The third kappa shape index (κ3) is 3.69. The Bertz CT molecular complexity index is 462. The summed E-state index contributed by atoms with van der Waals surface area (Å²) in [5, 5.41) is 0. The first-order valence-corrected chi connectivity index (χ1v) is 7.78. The maximum Gasteiger partial charge on any atom is 0.127 e. The predicted molar refractivity (Wildman–Crippen MR) is 85.9 cm³/mol.